The third-order valence-corrected chi connectivity index (χ3v) is 13.1. The average molecular weight is 1130 g/mol. The minimum absolute atomic E-state index is 0.178. The summed E-state index contributed by atoms with van der Waals surface area (Å²) in [6.45, 7) is 4.70. The van der Waals surface area contributed by atoms with E-state index in [1.165, 1.54) is 64.2 Å². The molecular formula is C72H118NO8+. The summed E-state index contributed by atoms with van der Waals surface area (Å²) in [5.74, 6) is -2.04. The van der Waals surface area contributed by atoms with Gasteiger partial charge in [-0.15, -0.1) is 0 Å². The number of ether oxygens (including phenoxy) is 4. The van der Waals surface area contributed by atoms with Gasteiger partial charge in [0.2, 0.25) is 0 Å². The summed E-state index contributed by atoms with van der Waals surface area (Å²) in [4.78, 5) is 37.4. The highest BCUT2D eigenvalue weighted by Crippen LogP contribution is 2.15. The molecular weight excluding hydrogens is 1010 g/mol. The van der Waals surface area contributed by atoms with Crippen LogP contribution in [0.1, 0.15) is 232 Å². The van der Waals surface area contributed by atoms with Gasteiger partial charge in [0.25, 0.3) is 6.29 Å². The highest BCUT2D eigenvalue weighted by Gasteiger charge is 2.25. The number of unbranched alkanes of at least 4 members (excludes halogenated alkanes) is 18. The van der Waals surface area contributed by atoms with Gasteiger partial charge in [-0.25, -0.2) is 4.79 Å². The molecule has 0 rings (SSSR count). The van der Waals surface area contributed by atoms with Crippen LogP contribution in [0.25, 0.3) is 0 Å². The lowest BCUT2D eigenvalue weighted by Crippen LogP contribution is -2.40. The zero-order valence-corrected chi connectivity index (χ0v) is 52.1. The zero-order valence-electron chi connectivity index (χ0n) is 52.1. The Bertz CT molecular complexity index is 1840. The number of allylic oxidation sites excluding steroid dienone is 24. The second kappa shape index (κ2) is 61.2. The topological polar surface area (TPSA) is 108 Å². The molecule has 9 heteroatoms. The zero-order chi connectivity index (χ0) is 59.1. The summed E-state index contributed by atoms with van der Waals surface area (Å²) in [6, 6.07) is 0. The van der Waals surface area contributed by atoms with E-state index in [9.17, 15) is 19.5 Å². The van der Waals surface area contributed by atoms with E-state index in [0.717, 1.165) is 135 Å². The molecule has 0 saturated heterocycles. The summed E-state index contributed by atoms with van der Waals surface area (Å²) in [7, 11) is 5.95. The van der Waals surface area contributed by atoms with E-state index in [1.807, 2.05) is 21.1 Å². The number of carbonyl (C=O) groups excluding carboxylic acids is 2. The van der Waals surface area contributed by atoms with Crippen LogP contribution >= 0.6 is 0 Å². The predicted molar refractivity (Wildman–Crippen MR) is 345 cm³/mol. The molecule has 1 N–H and O–H groups in total. The first kappa shape index (κ1) is 76.2. The predicted octanol–water partition coefficient (Wildman–Crippen LogP) is 19.6. The molecule has 0 fully saturated rings. The van der Waals surface area contributed by atoms with Crippen molar-refractivity contribution >= 4 is 17.9 Å². The third-order valence-electron chi connectivity index (χ3n) is 13.1. The summed E-state index contributed by atoms with van der Waals surface area (Å²) in [5, 5.41) is 9.71. The summed E-state index contributed by atoms with van der Waals surface area (Å²) >= 11 is 0. The van der Waals surface area contributed by atoms with Crippen molar-refractivity contribution in [2.45, 2.75) is 245 Å². The Morgan fingerprint density at radius 3 is 1.05 bits per heavy atom. The first-order valence-corrected chi connectivity index (χ1v) is 32.0. The molecule has 9 nitrogen and oxygen atoms in total. The van der Waals surface area contributed by atoms with E-state index >= 15 is 0 Å². The van der Waals surface area contributed by atoms with E-state index in [1.54, 1.807) is 0 Å². The molecule has 0 aliphatic rings. The first-order chi connectivity index (χ1) is 39.6. The van der Waals surface area contributed by atoms with Crippen LogP contribution < -0.4 is 0 Å². The van der Waals surface area contributed by atoms with Crippen LogP contribution in [0, 0.1) is 0 Å². The maximum atomic E-state index is 12.9. The van der Waals surface area contributed by atoms with Crippen LogP contribution in [0.3, 0.4) is 0 Å². The normalized spacial score (nSPS) is 13.7. The Balaban J connectivity index is 4.15. The van der Waals surface area contributed by atoms with Crippen molar-refractivity contribution in [2.75, 3.05) is 47.5 Å². The van der Waals surface area contributed by atoms with Gasteiger partial charge in [0.15, 0.2) is 6.10 Å². The Labute approximate surface area is 496 Å². The van der Waals surface area contributed by atoms with Crippen LogP contribution in [0.2, 0.25) is 0 Å². The number of hydrogen-bond donors (Lipinski definition) is 1. The number of carbonyl (C=O) groups is 3. The van der Waals surface area contributed by atoms with Crippen LogP contribution in [0.4, 0.5) is 0 Å². The maximum absolute atomic E-state index is 12.9. The van der Waals surface area contributed by atoms with Crippen LogP contribution in [0.5, 0.6) is 0 Å². The Hall–Kier alpha value is -4.83. The standard InChI is InChI=1S/C72H117NO8/c1-6-8-10-12-14-16-18-20-22-23-24-25-26-27-28-29-30-31-32-33-34-35-36-37-38-39-40-41-42-43-44-45-46-47-49-51-53-55-57-59-61-63-70(75)81-68(67-80-72(71(76)77)78-65-64-73(3,4)5)66-79-69(74)62-60-58-56-54-52-50-48-21-19-17-15-13-11-9-7-2/h8,10,14-17,20-22,24-25,27-28,30-31,33-34,36-37,39-40,42-43,48,68,72H,6-7,9,11-13,18-19,23,26,29,32,35,38,41,44-47,49-67H2,1-5H3/p+1/b10-8-,16-14-,17-15-,22-20-,25-24-,28-27-,31-30-,34-33-,37-36-,40-39-,43-42-,48-21-. The Morgan fingerprint density at radius 1 is 0.383 bits per heavy atom. The maximum Gasteiger partial charge on any atom is 0.361 e. The van der Waals surface area contributed by atoms with Gasteiger partial charge in [-0.2, -0.15) is 0 Å². The van der Waals surface area contributed by atoms with Crippen LogP contribution in [0.15, 0.2) is 146 Å². The molecule has 0 radical (unpaired) electrons. The van der Waals surface area contributed by atoms with E-state index in [4.69, 9.17) is 18.9 Å². The fourth-order valence-electron chi connectivity index (χ4n) is 8.19. The monoisotopic (exact) mass is 1120 g/mol. The minimum atomic E-state index is -1.52. The number of nitrogens with zero attached hydrogens (tertiary/aromatic N) is 1. The van der Waals surface area contributed by atoms with Crippen molar-refractivity contribution in [1.29, 1.82) is 0 Å². The van der Waals surface area contributed by atoms with Crippen molar-refractivity contribution in [3.8, 4) is 0 Å². The molecule has 0 aromatic rings. The molecule has 458 valence electrons. The fourth-order valence-corrected chi connectivity index (χ4v) is 8.19. The summed E-state index contributed by atoms with van der Waals surface area (Å²) < 4.78 is 22.9. The number of likely N-dealkylation sites (N-methyl/N-ethyl adjacent to an activating group) is 1. The Kier molecular flexibility index (Phi) is 57.6. The third kappa shape index (κ3) is 62.6. The largest absolute Gasteiger partial charge is 0.477 e. The van der Waals surface area contributed by atoms with Gasteiger partial charge in [-0.1, -0.05) is 243 Å². The molecule has 0 heterocycles. The molecule has 0 aliphatic heterocycles. The van der Waals surface area contributed by atoms with E-state index in [-0.39, 0.29) is 38.6 Å². The van der Waals surface area contributed by atoms with Crippen LogP contribution in [-0.4, -0.2) is 87.4 Å². The second-order valence-corrected chi connectivity index (χ2v) is 22.0. The van der Waals surface area contributed by atoms with Crippen LogP contribution in [-0.2, 0) is 33.3 Å². The smallest absolute Gasteiger partial charge is 0.361 e. The molecule has 0 saturated carbocycles. The number of aliphatic carboxylic acids is 1. The van der Waals surface area contributed by atoms with Crippen molar-refractivity contribution < 1.29 is 42.9 Å². The molecule has 0 aromatic carbocycles. The van der Waals surface area contributed by atoms with E-state index < -0.39 is 24.3 Å². The molecule has 2 atom stereocenters. The van der Waals surface area contributed by atoms with Crippen molar-refractivity contribution in [3.05, 3.63) is 146 Å². The fraction of sp³-hybridized carbons (Fsp3) is 0.625. The molecule has 0 aromatic heterocycles. The van der Waals surface area contributed by atoms with E-state index in [2.05, 4.69) is 160 Å². The molecule has 0 bridgehead atoms. The lowest BCUT2D eigenvalue weighted by Gasteiger charge is -2.25. The van der Waals surface area contributed by atoms with Gasteiger partial charge in [0.05, 0.1) is 34.4 Å². The molecule has 81 heavy (non-hydrogen) atoms. The Morgan fingerprint density at radius 2 is 0.704 bits per heavy atom. The number of esters is 2. The quantitative estimate of drug-likeness (QED) is 0.0211. The molecule has 0 aliphatic carbocycles. The molecule has 2 unspecified atom stereocenters. The number of hydrogen-bond acceptors (Lipinski definition) is 7. The highest BCUT2D eigenvalue weighted by molar-refractivity contribution is 5.71. The number of carboxylic acid groups (broad SMARTS) is 1. The summed E-state index contributed by atoms with van der Waals surface area (Å²) in [5.41, 5.74) is 0. The lowest BCUT2D eigenvalue weighted by molar-refractivity contribution is -0.870. The van der Waals surface area contributed by atoms with Gasteiger partial charge in [-0.3, -0.25) is 9.59 Å². The van der Waals surface area contributed by atoms with Crippen molar-refractivity contribution in [3.63, 3.8) is 0 Å². The molecule has 0 spiro atoms. The second-order valence-electron chi connectivity index (χ2n) is 22.0. The number of carboxylic acids is 1. The van der Waals surface area contributed by atoms with Crippen molar-refractivity contribution in [1.82, 2.24) is 0 Å². The SMILES string of the molecule is CC/C=C\C/C=C\C/C=C\C/C=C\C/C=C\C/C=C\C/C=C\C/C=C\C/C=C\C/C=C\CCCCCCCCCCCCC(=O)OC(COC(=O)CCCCCCC/C=C\C/C=C\CCCCC)COC(OCC[N+](C)(C)C)C(=O)O. The van der Waals surface area contributed by atoms with Gasteiger partial charge in [-0.05, 0) is 122 Å². The van der Waals surface area contributed by atoms with E-state index in [0.29, 0.717) is 17.4 Å². The lowest BCUT2D eigenvalue weighted by atomic mass is 10.0. The first-order valence-electron chi connectivity index (χ1n) is 32.0. The van der Waals surface area contributed by atoms with Gasteiger partial charge < -0.3 is 28.5 Å². The van der Waals surface area contributed by atoms with Gasteiger partial charge in [0, 0.05) is 12.8 Å². The average Bonchev–Trinajstić information content (AvgIpc) is 3.44. The minimum Gasteiger partial charge on any atom is -0.477 e. The number of rotatable bonds is 57. The van der Waals surface area contributed by atoms with Crippen molar-refractivity contribution in [2.24, 2.45) is 0 Å². The number of quaternary nitrogens is 1. The van der Waals surface area contributed by atoms with Gasteiger partial charge in [0.1, 0.15) is 13.2 Å². The van der Waals surface area contributed by atoms with Gasteiger partial charge >= 0.3 is 17.9 Å². The highest BCUT2D eigenvalue weighted by atomic mass is 16.7. The molecule has 0 amide bonds. The summed E-state index contributed by atoms with van der Waals surface area (Å²) in [6.07, 6.45) is 86.6.